The van der Waals surface area contributed by atoms with Gasteiger partial charge in [0.05, 0.1) is 24.9 Å². The number of aliphatic hydroxyl groups is 3. The fraction of sp³-hybridized carbons (Fsp3) is 0.725. The summed E-state index contributed by atoms with van der Waals surface area (Å²) < 4.78 is 0. The van der Waals surface area contributed by atoms with E-state index in [1.54, 1.807) is 12.2 Å². The van der Waals surface area contributed by atoms with Crippen molar-refractivity contribution >= 4 is 5.91 Å². The van der Waals surface area contributed by atoms with Crippen LogP contribution in [0.2, 0.25) is 0 Å². The number of nitrogens with one attached hydrogen (secondary N) is 1. The Kier molecular flexibility index (Phi) is 33.4. The highest BCUT2D eigenvalue weighted by Gasteiger charge is 2.17. The van der Waals surface area contributed by atoms with Gasteiger partial charge in [0.1, 0.15) is 0 Å². The maximum absolute atomic E-state index is 12.3. The van der Waals surface area contributed by atoms with Gasteiger partial charge in [0.25, 0.3) is 0 Å². The summed E-state index contributed by atoms with van der Waals surface area (Å²) in [5, 5.41) is 32.9. The summed E-state index contributed by atoms with van der Waals surface area (Å²) in [5.41, 5.74) is 0. The number of allylic oxidation sites excluding steroid dienone is 7. The summed E-state index contributed by atoms with van der Waals surface area (Å²) in [7, 11) is 0. The summed E-state index contributed by atoms with van der Waals surface area (Å²) >= 11 is 0. The van der Waals surface area contributed by atoms with Crippen LogP contribution in [0.4, 0.5) is 0 Å². The molecule has 0 aromatic rings. The first-order chi connectivity index (χ1) is 22.0. The van der Waals surface area contributed by atoms with Gasteiger partial charge in [0, 0.05) is 6.42 Å². The minimum Gasteiger partial charge on any atom is -0.394 e. The number of aliphatic hydroxyl groups excluding tert-OH is 3. The first-order valence-electron chi connectivity index (χ1n) is 18.6. The van der Waals surface area contributed by atoms with Crippen LogP contribution in [-0.2, 0) is 4.79 Å². The van der Waals surface area contributed by atoms with Gasteiger partial charge in [-0.1, -0.05) is 164 Å². The van der Waals surface area contributed by atoms with Crippen molar-refractivity contribution in [3.8, 4) is 0 Å². The molecule has 0 fully saturated rings. The molecule has 0 aliphatic rings. The molecule has 0 radical (unpaired) electrons. The number of carbonyl (C=O) groups is 1. The lowest BCUT2D eigenvalue weighted by atomic mass is 10.0. The molecule has 0 saturated heterocycles. The van der Waals surface area contributed by atoms with Gasteiger partial charge in [-0.15, -0.1) is 0 Å². The van der Waals surface area contributed by atoms with E-state index in [2.05, 4.69) is 37.4 Å². The molecule has 0 aromatic heterocycles. The molecule has 0 saturated carbocycles. The molecule has 0 bridgehead atoms. The molecular weight excluding hydrogens is 558 g/mol. The molecule has 0 aliphatic carbocycles. The molecule has 1 amide bonds. The lowest BCUT2D eigenvalue weighted by Gasteiger charge is -2.19. The van der Waals surface area contributed by atoms with E-state index < -0.39 is 18.2 Å². The molecule has 5 heteroatoms. The molecule has 0 rings (SSSR count). The van der Waals surface area contributed by atoms with Gasteiger partial charge >= 0.3 is 0 Å². The van der Waals surface area contributed by atoms with Gasteiger partial charge < -0.3 is 20.6 Å². The molecule has 0 spiro atoms. The zero-order valence-electron chi connectivity index (χ0n) is 29.2. The van der Waals surface area contributed by atoms with Crippen LogP contribution in [0.25, 0.3) is 0 Å². The second kappa shape index (κ2) is 34.9. The molecule has 1 unspecified atom stereocenters. The van der Waals surface area contributed by atoms with Gasteiger partial charge in [-0.3, -0.25) is 4.79 Å². The van der Waals surface area contributed by atoms with Crippen LogP contribution in [0.15, 0.2) is 60.8 Å². The molecule has 5 nitrogen and oxygen atoms in total. The molecule has 0 heterocycles. The monoisotopic (exact) mass is 630 g/mol. The highest BCUT2D eigenvalue weighted by atomic mass is 16.3. The Morgan fingerprint density at radius 2 is 1.13 bits per heavy atom. The second-order valence-electron chi connectivity index (χ2n) is 12.5. The fourth-order valence-electron chi connectivity index (χ4n) is 5.13. The van der Waals surface area contributed by atoms with Crippen LogP contribution < -0.4 is 5.32 Å². The average molecular weight is 630 g/mol. The summed E-state index contributed by atoms with van der Waals surface area (Å²) in [6.07, 6.45) is 44.7. The first-order valence-corrected chi connectivity index (χ1v) is 18.6. The zero-order valence-corrected chi connectivity index (χ0v) is 29.2. The van der Waals surface area contributed by atoms with E-state index in [1.165, 1.54) is 96.3 Å². The lowest BCUT2D eigenvalue weighted by Crippen LogP contribution is -2.45. The van der Waals surface area contributed by atoms with Crippen LogP contribution in [0, 0.1) is 0 Å². The maximum atomic E-state index is 12.3. The Balaban J connectivity index is 3.87. The number of rotatable bonds is 32. The molecular formula is C40H71NO4. The van der Waals surface area contributed by atoms with Crippen molar-refractivity contribution in [2.45, 2.75) is 180 Å². The van der Waals surface area contributed by atoms with E-state index in [4.69, 9.17) is 0 Å². The van der Waals surface area contributed by atoms with E-state index in [0.717, 1.165) is 32.1 Å². The Morgan fingerprint density at radius 1 is 0.600 bits per heavy atom. The number of carbonyl (C=O) groups excluding carboxylic acids is 1. The van der Waals surface area contributed by atoms with Crippen molar-refractivity contribution in [2.24, 2.45) is 0 Å². The topological polar surface area (TPSA) is 89.8 Å². The summed E-state index contributed by atoms with van der Waals surface area (Å²) in [4.78, 5) is 12.3. The van der Waals surface area contributed by atoms with Crippen molar-refractivity contribution in [1.82, 2.24) is 5.32 Å². The first kappa shape index (κ1) is 43.0. The van der Waals surface area contributed by atoms with Crippen LogP contribution in [0.1, 0.15) is 162 Å². The second-order valence-corrected chi connectivity index (χ2v) is 12.5. The summed E-state index contributed by atoms with van der Waals surface area (Å²) in [6.45, 7) is 4.18. The number of hydrogen-bond acceptors (Lipinski definition) is 4. The lowest BCUT2D eigenvalue weighted by molar-refractivity contribution is -0.122. The Bertz CT molecular complexity index is 785. The smallest absolute Gasteiger partial charge is 0.220 e. The van der Waals surface area contributed by atoms with Gasteiger partial charge in [0.15, 0.2) is 0 Å². The predicted octanol–water partition coefficient (Wildman–Crippen LogP) is 9.98. The van der Waals surface area contributed by atoms with E-state index in [-0.39, 0.29) is 12.5 Å². The molecule has 45 heavy (non-hydrogen) atoms. The molecule has 260 valence electrons. The summed E-state index contributed by atoms with van der Waals surface area (Å²) in [5.74, 6) is -0.167. The molecule has 0 aromatic carbocycles. The van der Waals surface area contributed by atoms with E-state index in [9.17, 15) is 20.1 Å². The quantitative estimate of drug-likeness (QED) is 0.0339. The number of hydrogen-bond donors (Lipinski definition) is 4. The van der Waals surface area contributed by atoms with Gasteiger partial charge in [0.2, 0.25) is 5.91 Å². The SMILES string of the molecule is CCCCC/C=C\C/C=C\CC(O)/C=C\C=C\CCCC(=O)N[C@@H](CO)[C@H](O)/C=C/CCCCCCCCCCCCCCC. The third-order valence-electron chi connectivity index (χ3n) is 8.08. The zero-order chi connectivity index (χ0) is 33.1. The minimum atomic E-state index is -0.890. The number of amides is 1. The number of unbranched alkanes of at least 4 members (excludes halogenated alkanes) is 17. The van der Waals surface area contributed by atoms with Crippen LogP contribution in [-0.4, -0.2) is 46.1 Å². The van der Waals surface area contributed by atoms with Crippen LogP contribution in [0.3, 0.4) is 0 Å². The van der Waals surface area contributed by atoms with Gasteiger partial charge in [-0.2, -0.15) is 0 Å². The van der Waals surface area contributed by atoms with E-state index in [0.29, 0.717) is 19.3 Å². The molecule has 3 atom stereocenters. The van der Waals surface area contributed by atoms with E-state index >= 15 is 0 Å². The Labute approximate surface area is 278 Å². The highest BCUT2D eigenvalue weighted by molar-refractivity contribution is 5.76. The Hall–Kier alpha value is -1.95. The average Bonchev–Trinajstić information content (AvgIpc) is 3.04. The van der Waals surface area contributed by atoms with Crippen molar-refractivity contribution in [1.29, 1.82) is 0 Å². The van der Waals surface area contributed by atoms with Crippen LogP contribution >= 0.6 is 0 Å². The normalized spacial score (nSPS) is 14.5. The van der Waals surface area contributed by atoms with Gasteiger partial charge in [-0.25, -0.2) is 0 Å². The third-order valence-corrected chi connectivity index (χ3v) is 8.08. The minimum absolute atomic E-state index is 0.167. The Morgan fingerprint density at radius 3 is 1.78 bits per heavy atom. The predicted molar refractivity (Wildman–Crippen MR) is 194 cm³/mol. The maximum Gasteiger partial charge on any atom is 0.220 e. The van der Waals surface area contributed by atoms with Crippen molar-refractivity contribution in [3.05, 3.63) is 60.8 Å². The van der Waals surface area contributed by atoms with Gasteiger partial charge in [-0.05, 0) is 51.4 Å². The van der Waals surface area contributed by atoms with Crippen LogP contribution in [0.5, 0.6) is 0 Å². The summed E-state index contributed by atoms with van der Waals surface area (Å²) in [6, 6.07) is -0.684. The largest absolute Gasteiger partial charge is 0.394 e. The third kappa shape index (κ3) is 31.8. The standard InChI is InChI=1S/C40H71NO4/c1-3-5-7-9-11-13-14-15-16-17-18-20-22-26-30-34-39(44)38(36-42)41-40(45)35-31-27-23-25-29-33-37(43)32-28-24-21-19-12-10-8-6-4-2/h12,19,23-25,28-30,33-34,37-39,42-44H,3-11,13-18,20-22,26-27,31-32,35-36H2,1-2H3,(H,41,45)/b19-12-,25-23+,28-24-,33-29-,34-30+/t37?,38-,39+/m0/s1. The highest BCUT2D eigenvalue weighted by Crippen LogP contribution is 2.13. The van der Waals surface area contributed by atoms with Crippen molar-refractivity contribution in [2.75, 3.05) is 6.61 Å². The fourth-order valence-corrected chi connectivity index (χ4v) is 5.13. The van der Waals surface area contributed by atoms with Crippen molar-refractivity contribution < 1.29 is 20.1 Å². The van der Waals surface area contributed by atoms with E-state index in [1.807, 2.05) is 30.4 Å². The van der Waals surface area contributed by atoms with Crippen molar-refractivity contribution in [3.63, 3.8) is 0 Å². The molecule has 0 aliphatic heterocycles. The molecule has 4 N–H and O–H groups in total.